The Morgan fingerprint density at radius 3 is 2.16 bits per heavy atom. The lowest BCUT2D eigenvalue weighted by molar-refractivity contribution is -0.384. The predicted octanol–water partition coefficient (Wildman–Crippen LogP) is 5.03. The Labute approximate surface area is 178 Å². The molecule has 0 aromatic heterocycles. The maximum absolute atomic E-state index is 12.3. The highest BCUT2D eigenvalue weighted by Crippen LogP contribution is 2.29. The number of benzene rings is 3. The number of hydrogen-bond donors (Lipinski definition) is 0. The molecule has 156 valence electrons. The van der Waals surface area contributed by atoms with Gasteiger partial charge in [-0.25, -0.2) is 4.79 Å². The molecule has 7 heteroatoms. The average molecular weight is 417 g/mol. The Bertz CT molecular complexity index is 1150. The standard InChI is InChI=1S/C24H19NO6/c1-16-3-7-18(8-4-16)21(26)13-5-17-6-14-22(23(15-17)30-2)31-24(27)19-9-11-20(12-10-19)25(28)29/h3-15H,1-2H3/b13-5+. The number of aryl methyl sites for hydroxylation is 1. The van der Waals surface area contributed by atoms with E-state index in [-0.39, 0.29) is 22.8 Å². The minimum Gasteiger partial charge on any atom is -0.493 e. The molecule has 0 amide bonds. The summed E-state index contributed by atoms with van der Waals surface area (Å²) in [6.07, 6.45) is 3.11. The van der Waals surface area contributed by atoms with Gasteiger partial charge in [-0.2, -0.15) is 0 Å². The van der Waals surface area contributed by atoms with Crippen molar-refractivity contribution in [2.24, 2.45) is 0 Å². The fourth-order valence-electron chi connectivity index (χ4n) is 2.74. The van der Waals surface area contributed by atoms with Gasteiger partial charge in [0.15, 0.2) is 17.3 Å². The van der Waals surface area contributed by atoms with Crippen LogP contribution in [-0.2, 0) is 0 Å². The van der Waals surface area contributed by atoms with E-state index in [1.165, 1.54) is 37.5 Å². The summed E-state index contributed by atoms with van der Waals surface area (Å²) in [7, 11) is 1.43. The van der Waals surface area contributed by atoms with Crippen molar-refractivity contribution in [3.8, 4) is 11.5 Å². The molecule has 7 nitrogen and oxygen atoms in total. The van der Waals surface area contributed by atoms with Gasteiger partial charge in [0.1, 0.15) is 0 Å². The fraction of sp³-hybridized carbons (Fsp3) is 0.0833. The molecule has 3 aromatic rings. The van der Waals surface area contributed by atoms with Crippen LogP contribution in [0.15, 0.2) is 72.8 Å². The van der Waals surface area contributed by atoms with Gasteiger partial charge in [-0.1, -0.05) is 42.0 Å². The fourth-order valence-corrected chi connectivity index (χ4v) is 2.74. The first-order valence-corrected chi connectivity index (χ1v) is 9.31. The van der Waals surface area contributed by atoms with Gasteiger partial charge in [0.2, 0.25) is 0 Å². The van der Waals surface area contributed by atoms with E-state index in [0.717, 1.165) is 5.56 Å². The molecule has 0 atom stereocenters. The van der Waals surface area contributed by atoms with E-state index in [4.69, 9.17) is 9.47 Å². The van der Waals surface area contributed by atoms with Gasteiger partial charge in [0.05, 0.1) is 17.6 Å². The number of hydrogen-bond acceptors (Lipinski definition) is 6. The van der Waals surface area contributed by atoms with Gasteiger partial charge in [-0.15, -0.1) is 0 Å². The van der Waals surface area contributed by atoms with Crippen LogP contribution in [0.25, 0.3) is 6.08 Å². The lowest BCUT2D eigenvalue weighted by atomic mass is 10.1. The first kappa shape index (κ1) is 21.4. The number of nitro benzene ring substituents is 1. The van der Waals surface area contributed by atoms with Crippen LogP contribution < -0.4 is 9.47 Å². The van der Waals surface area contributed by atoms with Crippen molar-refractivity contribution in [1.29, 1.82) is 0 Å². The van der Waals surface area contributed by atoms with Crippen LogP contribution in [0.2, 0.25) is 0 Å². The lowest BCUT2D eigenvalue weighted by Gasteiger charge is -2.10. The maximum atomic E-state index is 12.3. The summed E-state index contributed by atoms with van der Waals surface area (Å²) in [5, 5.41) is 10.7. The van der Waals surface area contributed by atoms with E-state index in [1.807, 2.05) is 19.1 Å². The number of non-ortho nitro benzene ring substituents is 1. The molecular formula is C24H19NO6. The first-order chi connectivity index (χ1) is 14.9. The minimum absolute atomic E-state index is 0.120. The van der Waals surface area contributed by atoms with Crippen molar-refractivity contribution in [3.63, 3.8) is 0 Å². The molecular weight excluding hydrogens is 398 g/mol. The van der Waals surface area contributed by atoms with Crippen LogP contribution >= 0.6 is 0 Å². The summed E-state index contributed by atoms with van der Waals surface area (Å²) in [5.41, 5.74) is 2.39. The number of nitro groups is 1. The van der Waals surface area contributed by atoms with Crippen molar-refractivity contribution >= 4 is 23.5 Å². The zero-order valence-corrected chi connectivity index (χ0v) is 16.9. The number of nitrogens with zero attached hydrogens (tertiary/aromatic N) is 1. The van der Waals surface area contributed by atoms with Crippen LogP contribution in [0, 0.1) is 17.0 Å². The van der Waals surface area contributed by atoms with E-state index in [1.54, 1.807) is 36.4 Å². The van der Waals surface area contributed by atoms with E-state index >= 15 is 0 Å². The molecule has 0 unspecified atom stereocenters. The van der Waals surface area contributed by atoms with Crippen LogP contribution in [0.4, 0.5) is 5.69 Å². The molecule has 0 aliphatic heterocycles. The van der Waals surface area contributed by atoms with Crippen molar-refractivity contribution in [3.05, 3.63) is 105 Å². The van der Waals surface area contributed by atoms with Gasteiger partial charge in [0, 0.05) is 17.7 Å². The third-order valence-corrected chi connectivity index (χ3v) is 4.47. The number of esters is 1. The molecule has 0 bridgehead atoms. The first-order valence-electron chi connectivity index (χ1n) is 9.31. The van der Waals surface area contributed by atoms with Crippen LogP contribution in [0.1, 0.15) is 31.8 Å². The average Bonchev–Trinajstić information content (AvgIpc) is 2.78. The monoisotopic (exact) mass is 417 g/mol. The van der Waals surface area contributed by atoms with Crippen molar-refractivity contribution < 1.29 is 24.0 Å². The third-order valence-electron chi connectivity index (χ3n) is 4.47. The molecule has 0 spiro atoms. The minimum atomic E-state index is -0.675. The van der Waals surface area contributed by atoms with Crippen molar-refractivity contribution in [2.75, 3.05) is 7.11 Å². The van der Waals surface area contributed by atoms with E-state index < -0.39 is 10.9 Å². The Hall–Kier alpha value is -4.26. The Morgan fingerprint density at radius 1 is 0.903 bits per heavy atom. The smallest absolute Gasteiger partial charge is 0.343 e. The van der Waals surface area contributed by atoms with Crippen molar-refractivity contribution in [2.45, 2.75) is 6.92 Å². The number of ketones is 1. The normalized spacial score (nSPS) is 10.6. The van der Waals surface area contributed by atoms with E-state index in [0.29, 0.717) is 16.9 Å². The Balaban J connectivity index is 1.73. The van der Waals surface area contributed by atoms with Crippen LogP contribution in [-0.4, -0.2) is 23.8 Å². The molecule has 0 aliphatic carbocycles. The number of carbonyl (C=O) groups excluding carboxylic acids is 2. The highest BCUT2D eigenvalue weighted by atomic mass is 16.6. The van der Waals surface area contributed by atoms with Gasteiger partial charge in [-0.3, -0.25) is 14.9 Å². The molecule has 0 heterocycles. The number of rotatable bonds is 7. The molecule has 0 saturated carbocycles. The van der Waals surface area contributed by atoms with Gasteiger partial charge >= 0.3 is 5.97 Å². The number of allylic oxidation sites excluding steroid dienone is 1. The number of carbonyl (C=O) groups is 2. The largest absolute Gasteiger partial charge is 0.493 e. The SMILES string of the molecule is COc1cc(/C=C/C(=O)c2ccc(C)cc2)ccc1OC(=O)c1ccc([N+](=O)[O-])cc1. The lowest BCUT2D eigenvalue weighted by Crippen LogP contribution is -2.09. The molecule has 0 saturated heterocycles. The summed E-state index contributed by atoms with van der Waals surface area (Å²) in [6, 6.07) is 17.2. The van der Waals surface area contributed by atoms with Crippen molar-refractivity contribution in [1.82, 2.24) is 0 Å². The summed E-state index contributed by atoms with van der Waals surface area (Å²) >= 11 is 0. The highest BCUT2D eigenvalue weighted by Gasteiger charge is 2.14. The molecule has 0 N–H and O–H groups in total. The Kier molecular flexibility index (Phi) is 6.57. The van der Waals surface area contributed by atoms with Gasteiger partial charge in [-0.05, 0) is 42.8 Å². The topological polar surface area (TPSA) is 95.7 Å². The quantitative estimate of drug-likeness (QED) is 0.134. The zero-order valence-electron chi connectivity index (χ0n) is 16.9. The molecule has 3 rings (SSSR count). The second kappa shape index (κ2) is 9.49. The second-order valence-electron chi connectivity index (χ2n) is 6.67. The molecule has 0 fully saturated rings. The zero-order chi connectivity index (χ0) is 22.4. The summed E-state index contributed by atoms with van der Waals surface area (Å²) in [4.78, 5) is 34.8. The maximum Gasteiger partial charge on any atom is 0.343 e. The summed E-state index contributed by atoms with van der Waals surface area (Å²) in [5.74, 6) is -0.313. The Morgan fingerprint density at radius 2 is 1.55 bits per heavy atom. The molecule has 31 heavy (non-hydrogen) atoms. The predicted molar refractivity (Wildman–Crippen MR) is 116 cm³/mol. The molecule has 3 aromatic carbocycles. The van der Waals surface area contributed by atoms with Crippen LogP contribution in [0.5, 0.6) is 11.5 Å². The van der Waals surface area contributed by atoms with Gasteiger partial charge in [0.25, 0.3) is 5.69 Å². The molecule has 0 aliphatic rings. The third kappa shape index (κ3) is 5.42. The second-order valence-corrected chi connectivity index (χ2v) is 6.67. The van der Waals surface area contributed by atoms with Gasteiger partial charge < -0.3 is 9.47 Å². The number of ether oxygens (including phenoxy) is 2. The summed E-state index contributed by atoms with van der Waals surface area (Å²) < 4.78 is 10.7. The van der Waals surface area contributed by atoms with E-state index in [2.05, 4.69) is 0 Å². The van der Waals surface area contributed by atoms with Crippen LogP contribution in [0.3, 0.4) is 0 Å². The highest BCUT2D eigenvalue weighted by molar-refractivity contribution is 6.06. The summed E-state index contributed by atoms with van der Waals surface area (Å²) in [6.45, 7) is 1.95. The number of methoxy groups -OCH3 is 1. The molecule has 0 radical (unpaired) electrons. The van der Waals surface area contributed by atoms with E-state index in [9.17, 15) is 19.7 Å².